The van der Waals surface area contributed by atoms with E-state index in [0.717, 1.165) is 10.9 Å². The first kappa shape index (κ1) is 21.1. The van der Waals surface area contributed by atoms with Crippen LogP contribution in [-0.4, -0.2) is 35.4 Å². The monoisotopic (exact) mass is 490 g/mol. The van der Waals surface area contributed by atoms with Gasteiger partial charge in [0.1, 0.15) is 23.2 Å². The third-order valence-electron chi connectivity index (χ3n) is 3.33. The van der Waals surface area contributed by atoms with Crippen LogP contribution in [0.1, 0.15) is 38.1 Å². The van der Waals surface area contributed by atoms with Crippen LogP contribution < -0.4 is 10.9 Å². The Balaban J connectivity index is 2.53. The highest BCUT2D eigenvalue weighted by Crippen LogP contribution is 2.19. The molecule has 9 heteroatoms. The average Bonchev–Trinajstić information content (AvgIpc) is 2.53. The van der Waals surface area contributed by atoms with Gasteiger partial charge in [-0.1, -0.05) is 0 Å². The number of hydrogen-bond acceptors (Lipinski definition) is 6. The minimum atomic E-state index is -0.823. The van der Waals surface area contributed by atoms with Crippen molar-refractivity contribution in [2.75, 3.05) is 18.6 Å². The average molecular weight is 490 g/mol. The normalized spacial score (nSPS) is 11.3. The highest BCUT2D eigenvalue weighted by atomic mass is 127. The molecule has 0 spiro atoms. The van der Waals surface area contributed by atoms with Crippen LogP contribution in [0.5, 0.6) is 0 Å². The maximum atomic E-state index is 14.5. The second-order valence-electron chi connectivity index (χ2n) is 6.67. The number of carbonyl (C=O) groups is 2. The maximum Gasteiger partial charge on any atom is 0.343 e. The first-order valence-corrected chi connectivity index (χ1v) is 9.28. The molecule has 0 unspecified atom stereocenters. The van der Waals surface area contributed by atoms with E-state index in [2.05, 4.69) is 5.43 Å². The number of rotatable bonds is 5. The standard InChI is InChI=1S/C18H20FIN2O5/c1-5-26-17(25)12-9-22(21-8-14(23)27-18(2,3)4)15-11(16(12)24)6-10(20)7-13(15)19/h6-7,9,21H,5,8H2,1-4H3. The van der Waals surface area contributed by atoms with Crippen molar-refractivity contribution in [3.63, 3.8) is 0 Å². The molecular formula is C18H20FIN2O5. The topological polar surface area (TPSA) is 86.6 Å². The molecule has 0 atom stereocenters. The molecule has 0 amide bonds. The van der Waals surface area contributed by atoms with Crippen molar-refractivity contribution in [2.24, 2.45) is 0 Å². The fraction of sp³-hybridized carbons (Fsp3) is 0.389. The van der Waals surface area contributed by atoms with Gasteiger partial charge in [-0.25, -0.2) is 9.18 Å². The lowest BCUT2D eigenvalue weighted by molar-refractivity contribution is -0.152. The summed E-state index contributed by atoms with van der Waals surface area (Å²) in [5, 5.41) is 0.00152. The zero-order chi connectivity index (χ0) is 20.4. The van der Waals surface area contributed by atoms with Crippen molar-refractivity contribution in [1.29, 1.82) is 0 Å². The molecule has 1 aromatic heterocycles. The Labute approximate surface area is 168 Å². The Morgan fingerprint density at radius 2 is 1.96 bits per heavy atom. The number of fused-ring (bicyclic) bond motifs is 1. The Morgan fingerprint density at radius 1 is 1.30 bits per heavy atom. The largest absolute Gasteiger partial charge is 0.462 e. The summed E-state index contributed by atoms with van der Waals surface area (Å²) in [7, 11) is 0. The number of carbonyl (C=O) groups excluding carboxylic acids is 2. The lowest BCUT2D eigenvalue weighted by Crippen LogP contribution is -2.32. The number of nitrogens with one attached hydrogen (secondary N) is 1. The first-order valence-electron chi connectivity index (χ1n) is 8.20. The van der Waals surface area contributed by atoms with Gasteiger partial charge in [-0.3, -0.25) is 14.3 Å². The number of ether oxygens (including phenoxy) is 2. The van der Waals surface area contributed by atoms with Gasteiger partial charge in [0.25, 0.3) is 0 Å². The highest BCUT2D eigenvalue weighted by molar-refractivity contribution is 14.1. The predicted molar refractivity (Wildman–Crippen MR) is 107 cm³/mol. The smallest absolute Gasteiger partial charge is 0.343 e. The van der Waals surface area contributed by atoms with E-state index >= 15 is 0 Å². The van der Waals surface area contributed by atoms with Gasteiger partial charge in [0.15, 0.2) is 5.82 Å². The predicted octanol–water partition coefficient (Wildman–Crippen LogP) is 2.81. The second kappa shape index (κ2) is 8.24. The van der Waals surface area contributed by atoms with E-state index in [1.807, 2.05) is 22.6 Å². The summed E-state index contributed by atoms with van der Waals surface area (Å²) in [5.41, 5.74) is 1.03. The van der Waals surface area contributed by atoms with Gasteiger partial charge in [-0.05, 0) is 62.4 Å². The van der Waals surface area contributed by atoms with Crippen molar-refractivity contribution >= 4 is 45.4 Å². The van der Waals surface area contributed by atoms with Crippen LogP contribution in [0.15, 0.2) is 23.1 Å². The number of aromatic nitrogens is 1. The van der Waals surface area contributed by atoms with E-state index in [1.54, 1.807) is 27.7 Å². The van der Waals surface area contributed by atoms with E-state index in [9.17, 15) is 18.8 Å². The van der Waals surface area contributed by atoms with Crippen LogP contribution in [-0.2, 0) is 14.3 Å². The van der Waals surface area contributed by atoms with Crippen molar-refractivity contribution in [3.8, 4) is 0 Å². The fourth-order valence-electron chi connectivity index (χ4n) is 2.39. The number of hydrogen-bond donors (Lipinski definition) is 1. The van der Waals surface area contributed by atoms with Gasteiger partial charge in [-0.15, -0.1) is 0 Å². The van der Waals surface area contributed by atoms with Crippen LogP contribution in [0.4, 0.5) is 4.39 Å². The van der Waals surface area contributed by atoms with E-state index in [1.165, 1.54) is 12.1 Å². The molecule has 2 rings (SSSR count). The Bertz CT molecular complexity index is 949. The Morgan fingerprint density at radius 3 is 2.56 bits per heavy atom. The van der Waals surface area contributed by atoms with Gasteiger partial charge in [0.05, 0.1) is 12.0 Å². The molecule has 146 valence electrons. The molecule has 0 aliphatic heterocycles. The summed E-state index contributed by atoms with van der Waals surface area (Å²) in [6.45, 7) is 6.58. The molecule has 0 aliphatic rings. The number of nitrogens with zero attached hydrogens (tertiary/aromatic N) is 1. The van der Waals surface area contributed by atoms with Crippen LogP contribution in [0.25, 0.3) is 10.9 Å². The van der Waals surface area contributed by atoms with Crippen LogP contribution in [0.2, 0.25) is 0 Å². The van der Waals surface area contributed by atoms with Crippen molar-refractivity contribution in [1.82, 2.24) is 4.68 Å². The molecule has 1 heterocycles. The molecule has 0 saturated heterocycles. The molecular weight excluding hydrogens is 470 g/mol. The fourth-order valence-corrected chi connectivity index (χ4v) is 2.97. The van der Waals surface area contributed by atoms with E-state index < -0.39 is 28.8 Å². The number of pyridine rings is 1. The summed E-state index contributed by atoms with van der Waals surface area (Å²) < 4.78 is 26.3. The first-order chi connectivity index (χ1) is 12.5. The van der Waals surface area contributed by atoms with Crippen molar-refractivity contribution in [3.05, 3.63) is 43.5 Å². The lowest BCUT2D eigenvalue weighted by Gasteiger charge is -2.21. The molecule has 0 saturated carbocycles. The third-order valence-corrected chi connectivity index (χ3v) is 3.95. The summed E-state index contributed by atoms with van der Waals surface area (Å²) in [4.78, 5) is 36.7. The summed E-state index contributed by atoms with van der Waals surface area (Å²) in [6, 6.07) is 2.72. The molecule has 1 aromatic carbocycles. The molecule has 2 aromatic rings. The number of esters is 2. The lowest BCUT2D eigenvalue weighted by atomic mass is 10.1. The second-order valence-corrected chi connectivity index (χ2v) is 7.91. The Kier molecular flexibility index (Phi) is 6.45. The molecule has 1 N–H and O–H groups in total. The summed E-state index contributed by atoms with van der Waals surface area (Å²) in [5.74, 6) is -2.06. The van der Waals surface area contributed by atoms with Gasteiger partial charge in [0, 0.05) is 9.77 Å². The molecule has 0 fully saturated rings. The van der Waals surface area contributed by atoms with Gasteiger partial charge in [-0.2, -0.15) is 0 Å². The zero-order valence-electron chi connectivity index (χ0n) is 15.4. The van der Waals surface area contributed by atoms with Crippen LogP contribution >= 0.6 is 22.6 Å². The molecule has 27 heavy (non-hydrogen) atoms. The Hall–Kier alpha value is -2.17. The zero-order valence-corrected chi connectivity index (χ0v) is 17.5. The van der Waals surface area contributed by atoms with Crippen LogP contribution in [0.3, 0.4) is 0 Å². The van der Waals surface area contributed by atoms with Gasteiger partial charge < -0.3 is 14.9 Å². The van der Waals surface area contributed by atoms with Crippen LogP contribution in [0, 0.1) is 9.39 Å². The molecule has 0 radical (unpaired) electrons. The van der Waals surface area contributed by atoms with E-state index in [0.29, 0.717) is 3.57 Å². The highest BCUT2D eigenvalue weighted by Gasteiger charge is 2.21. The molecule has 0 aliphatic carbocycles. The quantitative estimate of drug-likeness (QED) is 0.513. The minimum Gasteiger partial charge on any atom is -0.462 e. The van der Waals surface area contributed by atoms with Gasteiger partial charge >= 0.3 is 11.9 Å². The molecule has 0 bridgehead atoms. The number of benzene rings is 1. The third kappa shape index (κ3) is 5.18. The summed E-state index contributed by atoms with van der Waals surface area (Å²) in [6.07, 6.45) is 1.13. The van der Waals surface area contributed by atoms with Crippen molar-refractivity contribution in [2.45, 2.75) is 33.3 Å². The van der Waals surface area contributed by atoms with Crippen molar-refractivity contribution < 1.29 is 23.5 Å². The minimum absolute atomic E-state index is 0.00152. The van der Waals surface area contributed by atoms with E-state index in [-0.39, 0.29) is 29.6 Å². The molecule has 7 nitrogen and oxygen atoms in total. The SMILES string of the molecule is CCOC(=O)c1cn(NCC(=O)OC(C)(C)C)c2c(F)cc(I)cc2c1=O. The number of halogens is 2. The van der Waals surface area contributed by atoms with E-state index in [4.69, 9.17) is 9.47 Å². The summed E-state index contributed by atoms with van der Waals surface area (Å²) >= 11 is 1.88. The maximum absolute atomic E-state index is 14.5. The van der Waals surface area contributed by atoms with Gasteiger partial charge in [0.2, 0.25) is 5.43 Å².